The average Bonchev–Trinajstić information content (AvgIpc) is 3.49. The zero-order valence-electron chi connectivity index (χ0n) is 19.0. The Morgan fingerprint density at radius 1 is 0.944 bits per heavy atom. The molecule has 1 N–H and O–H groups in total. The molecule has 6 rings (SSSR count). The minimum atomic E-state index is -0.309. The van der Waals surface area contributed by atoms with Gasteiger partial charge in [0.25, 0.3) is 0 Å². The average molecular weight is 510 g/mol. The topological polar surface area (TPSA) is 65.3 Å². The van der Waals surface area contributed by atoms with E-state index in [4.69, 9.17) is 16.7 Å². The van der Waals surface area contributed by atoms with Gasteiger partial charge in [-0.3, -0.25) is 4.79 Å². The second-order valence-corrected chi connectivity index (χ2v) is 10.0. The summed E-state index contributed by atoms with van der Waals surface area (Å²) in [5.41, 5.74) is 3.57. The van der Waals surface area contributed by atoms with Crippen molar-refractivity contribution in [3.05, 3.63) is 118 Å². The van der Waals surface area contributed by atoms with E-state index >= 15 is 0 Å². The molecule has 0 aliphatic carbocycles. The number of hydrazone groups is 1. The molecule has 0 saturated carbocycles. The normalized spacial score (nSPS) is 18.7. The fourth-order valence-corrected chi connectivity index (χ4v) is 5.37. The molecule has 1 atom stereocenters. The number of phenolic OH excluding ortho intramolecular Hbond substituents is 1. The Kier molecular flexibility index (Phi) is 5.83. The molecule has 4 aromatic carbocycles. The van der Waals surface area contributed by atoms with Crippen molar-refractivity contribution in [2.75, 3.05) is 0 Å². The molecule has 2 aliphatic rings. The lowest BCUT2D eigenvalue weighted by atomic mass is 9.97. The molecule has 0 saturated heterocycles. The number of hydrogen-bond donors (Lipinski definition) is 1. The van der Waals surface area contributed by atoms with Crippen LogP contribution in [-0.2, 0) is 0 Å². The Balaban J connectivity index is 1.44. The summed E-state index contributed by atoms with van der Waals surface area (Å²) in [5, 5.41) is 19.8. The number of nitrogens with zero attached hydrogens (tertiary/aromatic N) is 3. The summed E-state index contributed by atoms with van der Waals surface area (Å²) in [6.07, 6.45) is 2.42. The third-order valence-corrected chi connectivity index (χ3v) is 7.34. The molecule has 2 heterocycles. The van der Waals surface area contributed by atoms with Gasteiger partial charge in [0.1, 0.15) is 5.75 Å². The number of phenols is 1. The smallest absolute Gasteiger partial charge is 0.311 e. The molecular formula is C29H20ClN3O2S. The van der Waals surface area contributed by atoms with Crippen molar-refractivity contribution < 1.29 is 9.90 Å². The molecule has 0 radical (unpaired) electrons. The Hall–Kier alpha value is -3.87. The summed E-state index contributed by atoms with van der Waals surface area (Å²) in [6.45, 7) is 0. The SMILES string of the molecule is O=C1N=C(N2N=C(c3ccc4ccccc4c3)CC2c2ccc(Cl)cc2)/C(=C/c2ccccc2O)S1. The van der Waals surface area contributed by atoms with Gasteiger partial charge >= 0.3 is 5.24 Å². The minimum Gasteiger partial charge on any atom is -0.507 e. The van der Waals surface area contributed by atoms with E-state index in [1.165, 1.54) is 5.39 Å². The van der Waals surface area contributed by atoms with Crippen LogP contribution in [0.1, 0.15) is 29.2 Å². The zero-order valence-corrected chi connectivity index (χ0v) is 20.6. The monoisotopic (exact) mass is 509 g/mol. The summed E-state index contributed by atoms with van der Waals surface area (Å²) in [4.78, 5) is 17.4. The number of carbonyl (C=O) groups excluding carboxylic acids is 1. The van der Waals surface area contributed by atoms with Crippen molar-refractivity contribution >= 4 is 57.0 Å². The molecule has 0 aromatic heterocycles. The molecule has 36 heavy (non-hydrogen) atoms. The van der Waals surface area contributed by atoms with Crippen molar-refractivity contribution in [1.82, 2.24) is 5.01 Å². The van der Waals surface area contributed by atoms with Gasteiger partial charge in [0.15, 0.2) is 5.84 Å². The minimum absolute atomic E-state index is 0.139. The third-order valence-electron chi connectivity index (χ3n) is 6.30. The standard InChI is InChI=1S/C29H20ClN3O2S/c30-23-13-11-19(12-14-23)25-17-24(21-10-9-18-5-1-2-6-20(18)15-21)32-33(25)28-27(36-29(35)31-28)16-22-7-3-4-8-26(22)34/h1-16,25,34H,17H2/b27-16-. The molecule has 0 bridgehead atoms. The second kappa shape index (κ2) is 9.30. The Morgan fingerprint density at radius 2 is 1.69 bits per heavy atom. The molecule has 4 aromatic rings. The summed E-state index contributed by atoms with van der Waals surface area (Å²) in [5.74, 6) is 0.615. The first kappa shape index (κ1) is 22.6. The van der Waals surface area contributed by atoms with Crippen LogP contribution in [0.3, 0.4) is 0 Å². The lowest BCUT2D eigenvalue weighted by Crippen LogP contribution is -2.26. The lowest BCUT2D eigenvalue weighted by Gasteiger charge is -2.24. The molecule has 1 unspecified atom stereocenters. The fourth-order valence-electron chi connectivity index (χ4n) is 4.51. The Labute approximate surface area is 217 Å². The van der Waals surface area contributed by atoms with E-state index in [0.717, 1.165) is 34.0 Å². The van der Waals surface area contributed by atoms with Gasteiger partial charge in [-0.05, 0) is 64.0 Å². The number of para-hydroxylation sites is 1. The van der Waals surface area contributed by atoms with E-state index < -0.39 is 0 Å². The lowest BCUT2D eigenvalue weighted by molar-refractivity contribution is 0.267. The third kappa shape index (κ3) is 4.30. The first-order valence-electron chi connectivity index (χ1n) is 11.5. The van der Waals surface area contributed by atoms with E-state index in [2.05, 4.69) is 35.3 Å². The van der Waals surface area contributed by atoms with Crippen molar-refractivity contribution in [2.24, 2.45) is 10.1 Å². The number of aliphatic imine (C=N–C) groups is 1. The van der Waals surface area contributed by atoms with Gasteiger partial charge in [-0.15, -0.1) is 0 Å². The maximum atomic E-state index is 12.5. The van der Waals surface area contributed by atoms with Crippen LogP contribution in [0.25, 0.3) is 16.8 Å². The van der Waals surface area contributed by atoms with Gasteiger partial charge < -0.3 is 5.11 Å². The molecule has 0 fully saturated rings. The highest BCUT2D eigenvalue weighted by Crippen LogP contribution is 2.40. The summed E-state index contributed by atoms with van der Waals surface area (Å²) in [6, 6.07) is 29.1. The van der Waals surface area contributed by atoms with Crippen LogP contribution >= 0.6 is 23.4 Å². The van der Waals surface area contributed by atoms with Crippen molar-refractivity contribution in [1.29, 1.82) is 0 Å². The molecule has 176 valence electrons. The van der Waals surface area contributed by atoms with Gasteiger partial charge in [0, 0.05) is 17.0 Å². The van der Waals surface area contributed by atoms with Crippen molar-refractivity contribution in [3.63, 3.8) is 0 Å². The molecule has 0 spiro atoms. The van der Waals surface area contributed by atoms with Gasteiger partial charge in [-0.25, -0.2) is 5.01 Å². The maximum Gasteiger partial charge on any atom is 0.311 e. The highest BCUT2D eigenvalue weighted by molar-refractivity contribution is 8.18. The van der Waals surface area contributed by atoms with Crippen LogP contribution in [0.4, 0.5) is 4.79 Å². The van der Waals surface area contributed by atoms with Gasteiger partial charge in [-0.2, -0.15) is 10.1 Å². The first-order chi connectivity index (χ1) is 17.5. The van der Waals surface area contributed by atoms with Crippen molar-refractivity contribution in [2.45, 2.75) is 12.5 Å². The van der Waals surface area contributed by atoms with Gasteiger partial charge in [0.2, 0.25) is 0 Å². The van der Waals surface area contributed by atoms with Crippen LogP contribution in [0.5, 0.6) is 5.75 Å². The van der Waals surface area contributed by atoms with E-state index in [-0.39, 0.29) is 17.0 Å². The van der Waals surface area contributed by atoms with E-state index in [1.807, 2.05) is 47.5 Å². The fraction of sp³-hybridized carbons (Fsp3) is 0.0690. The predicted octanol–water partition coefficient (Wildman–Crippen LogP) is 7.66. The summed E-state index contributed by atoms with van der Waals surface area (Å²) < 4.78 is 0. The van der Waals surface area contributed by atoms with Crippen LogP contribution in [-0.4, -0.2) is 26.9 Å². The predicted molar refractivity (Wildman–Crippen MR) is 148 cm³/mol. The number of thioether (sulfide) groups is 1. The molecule has 7 heteroatoms. The second-order valence-electron chi connectivity index (χ2n) is 8.60. The Bertz CT molecular complexity index is 1590. The number of rotatable bonds is 3. The van der Waals surface area contributed by atoms with E-state index in [9.17, 15) is 9.90 Å². The number of amidine groups is 1. The van der Waals surface area contributed by atoms with Crippen LogP contribution in [0.2, 0.25) is 5.02 Å². The molecule has 2 aliphatic heterocycles. The highest BCUT2D eigenvalue weighted by atomic mass is 35.5. The number of fused-ring (bicyclic) bond motifs is 1. The van der Waals surface area contributed by atoms with Gasteiger partial charge in [0.05, 0.1) is 16.7 Å². The number of benzene rings is 4. The van der Waals surface area contributed by atoms with E-state index in [0.29, 0.717) is 27.7 Å². The quantitative estimate of drug-likeness (QED) is 0.308. The zero-order chi connectivity index (χ0) is 24.6. The molecule has 5 nitrogen and oxygen atoms in total. The largest absolute Gasteiger partial charge is 0.507 e. The number of carbonyl (C=O) groups is 1. The van der Waals surface area contributed by atoms with Crippen LogP contribution in [0.15, 0.2) is 106 Å². The Morgan fingerprint density at radius 3 is 2.50 bits per heavy atom. The van der Waals surface area contributed by atoms with E-state index in [1.54, 1.807) is 24.3 Å². The van der Waals surface area contributed by atoms with Gasteiger partial charge in [-0.1, -0.05) is 78.3 Å². The highest BCUT2D eigenvalue weighted by Gasteiger charge is 2.37. The number of aromatic hydroxyl groups is 1. The first-order valence-corrected chi connectivity index (χ1v) is 12.7. The molecular weight excluding hydrogens is 490 g/mol. The number of halogens is 1. The number of hydrogen-bond acceptors (Lipinski definition) is 5. The number of amides is 1. The summed E-state index contributed by atoms with van der Waals surface area (Å²) in [7, 11) is 0. The van der Waals surface area contributed by atoms with Crippen LogP contribution < -0.4 is 0 Å². The molecule has 1 amide bonds. The van der Waals surface area contributed by atoms with Crippen molar-refractivity contribution in [3.8, 4) is 5.75 Å². The maximum absolute atomic E-state index is 12.5. The van der Waals surface area contributed by atoms with Crippen LogP contribution in [0, 0.1) is 0 Å². The summed E-state index contributed by atoms with van der Waals surface area (Å²) >= 11 is 7.20.